The van der Waals surface area contributed by atoms with Crippen molar-refractivity contribution in [3.05, 3.63) is 47.5 Å². The number of carbonyl (C=O) groups excluding carboxylic acids is 1. The predicted molar refractivity (Wildman–Crippen MR) is 276 cm³/mol. The maximum absolute atomic E-state index is 11.7. The Labute approximate surface area is 396 Å². The second-order valence-electron chi connectivity index (χ2n) is 19.3. The SMILES string of the molecule is CCCCCCCCCCCCCCCCCCCCCCOc1cc(COc2cc(OC)ccc2C=O)cc(OCCCCCCCCCCCCCCCCCCCCCC)c1. The molecular formula is C59H102O5. The molecule has 2 aromatic carbocycles. The van der Waals surface area contributed by atoms with Gasteiger partial charge in [0.05, 0.1) is 25.9 Å². The molecule has 2 aromatic rings. The summed E-state index contributed by atoms with van der Waals surface area (Å²) in [6.07, 6.45) is 56.1. The quantitative estimate of drug-likeness (QED) is 0.0489. The van der Waals surface area contributed by atoms with Crippen molar-refractivity contribution in [2.24, 2.45) is 0 Å². The maximum atomic E-state index is 11.7. The first-order valence-corrected chi connectivity index (χ1v) is 27.9. The van der Waals surface area contributed by atoms with Gasteiger partial charge >= 0.3 is 0 Å². The Kier molecular flexibility index (Phi) is 39.6. The summed E-state index contributed by atoms with van der Waals surface area (Å²) in [6, 6.07) is 11.4. The van der Waals surface area contributed by atoms with Gasteiger partial charge in [0.15, 0.2) is 6.29 Å². The third-order valence-corrected chi connectivity index (χ3v) is 13.2. The van der Waals surface area contributed by atoms with Crippen molar-refractivity contribution in [3.63, 3.8) is 0 Å². The smallest absolute Gasteiger partial charge is 0.153 e. The van der Waals surface area contributed by atoms with Gasteiger partial charge in [-0.2, -0.15) is 0 Å². The molecule has 0 N–H and O–H groups in total. The molecule has 5 nitrogen and oxygen atoms in total. The van der Waals surface area contributed by atoms with Gasteiger partial charge in [0.2, 0.25) is 0 Å². The molecule has 0 unspecified atom stereocenters. The van der Waals surface area contributed by atoms with Gasteiger partial charge in [-0.3, -0.25) is 4.79 Å². The number of carbonyl (C=O) groups is 1. The lowest BCUT2D eigenvalue weighted by Crippen LogP contribution is -2.03. The molecule has 0 fully saturated rings. The van der Waals surface area contributed by atoms with E-state index in [1.807, 2.05) is 18.2 Å². The zero-order valence-corrected chi connectivity index (χ0v) is 42.5. The van der Waals surface area contributed by atoms with E-state index in [1.165, 1.54) is 244 Å². The molecule has 0 bridgehead atoms. The fourth-order valence-electron chi connectivity index (χ4n) is 9.00. The lowest BCUT2D eigenvalue weighted by Gasteiger charge is -2.14. The minimum Gasteiger partial charge on any atom is -0.497 e. The first-order chi connectivity index (χ1) is 31.7. The Hall–Kier alpha value is -2.69. The van der Waals surface area contributed by atoms with Crippen LogP contribution in [0.25, 0.3) is 0 Å². The van der Waals surface area contributed by atoms with Gasteiger partial charge in [-0.05, 0) is 42.7 Å². The Bertz CT molecular complexity index is 1240. The average Bonchev–Trinajstić information content (AvgIpc) is 3.31. The molecule has 0 aromatic heterocycles. The summed E-state index contributed by atoms with van der Waals surface area (Å²) in [4.78, 5) is 11.7. The van der Waals surface area contributed by atoms with E-state index in [0.29, 0.717) is 36.9 Å². The summed E-state index contributed by atoms with van der Waals surface area (Å²) in [7, 11) is 1.62. The highest BCUT2D eigenvalue weighted by atomic mass is 16.5. The molecule has 64 heavy (non-hydrogen) atoms. The van der Waals surface area contributed by atoms with E-state index in [0.717, 1.165) is 36.2 Å². The van der Waals surface area contributed by atoms with Crippen LogP contribution in [0.1, 0.15) is 287 Å². The van der Waals surface area contributed by atoms with Gasteiger partial charge in [-0.15, -0.1) is 0 Å². The molecular weight excluding hydrogens is 789 g/mol. The van der Waals surface area contributed by atoms with Crippen LogP contribution < -0.4 is 18.9 Å². The third kappa shape index (κ3) is 33.7. The molecule has 0 heterocycles. The van der Waals surface area contributed by atoms with E-state index < -0.39 is 0 Å². The average molecular weight is 891 g/mol. The summed E-state index contributed by atoms with van der Waals surface area (Å²) in [5.74, 6) is 2.81. The lowest BCUT2D eigenvalue weighted by atomic mass is 10.0. The zero-order chi connectivity index (χ0) is 45.6. The fourth-order valence-corrected chi connectivity index (χ4v) is 9.00. The predicted octanol–water partition coefficient (Wildman–Crippen LogP) is 19.5. The van der Waals surface area contributed by atoms with Crippen LogP contribution >= 0.6 is 0 Å². The third-order valence-electron chi connectivity index (χ3n) is 13.2. The normalized spacial score (nSPS) is 11.3. The van der Waals surface area contributed by atoms with Crippen LogP contribution in [-0.2, 0) is 6.61 Å². The lowest BCUT2D eigenvalue weighted by molar-refractivity contribution is 0.111. The fraction of sp³-hybridized carbons (Fsp3) is 0.780. The first kappa shape index (κ1) is 57.4. The number of benzene rings is 2. The van der Waals surface area contributed by atoms with Gasteiger partial charge in [0.25, 0.3) is 0 Å². The van der Waals surface area contributed by atoms with Crippen molar-refractivity contribution < 1.29 is 23.7 Å². The van der Waals surface area contributed by atoms with Crippen molar-refractivity contribution in [3.8, 4) is 23.0 Å². The van der Waals surface area contributed by atoms with E-state index >= 15 is 0 Å². The number of unbranched alkanes of at least 4 members (excludes halogenated alkanes) is 38. The van der Waals surface area contributed by atoms with Crippen molar-refractivity contribution in [2.45, 2.75) is 277 Å². The second kappa shape index (κ2) is 44.2. The largest absolute Gasteiger partial charge is 0.497 e. The summed E-state index contributed by atoms with van der Waals surface area (Å²) < 4.78 is 24.1. The van der Waals surface area contributed by atoms with E-state index in [-0.39, 0.29) is 0 Å². The molecule has 368 valence electrons. The van der Waals surface area contributed by atoms with Crippen molar-refractivity contribution in [1.29, 1.82) is 0 Å². The number of hydrogen-bond acceptors (Lipinski definition) is 5. The number of rotatable bonds is 49. The standard InChI is InChI=1S/C59H102O5/c1-4-6-8-10-12-14-16-18-20-22-24-26-28-30-32-34-36-38-40-42-46-62-57-48-54(53-64-59-51-56(61-3)45-44-55(59)52-60)49-58(50-57)63-47-43-41-39-37-35-33-31-29-27-25-23-21-19-17-15-13-11-9-7-5-2/h44-45,48-52H,4-43,46-47,53H2,1-3H3. The molecule has 2 rings (SSSR count). The van der Waals surface area contributed by atoms with E-state index in [1.54, 1.807) is 25.3 Å². The van der Waals surface area contributed by atoms with Crippen LogP contribution in [0.2, 0.25) is 0 Å². The van der Waals surface area contributed by atoms with Gasteiger partial charge in [-0.25, -0.2) is 0 Å². The van der Waals surface area contributed by atoms with Crippen molar-refractivity contribution >= 4 is 6.29 Å². The summed E-state index contributed by atoms with van der Waals surface area (Å²) in [5, 5.41) is 0. The molecule has 0 aliphatic carbocycles. The van der Waals surface area contributed by atoms with Gasteiger partial charge < -0.3 is 18.9 Å². The molecule has 0 amide bonds. The van der Waals surface area contributed by atoms with Crippen molar-refractivity contribution in [1.82, 2.24) is 0 Å². The zero-order valence-electron chi connectivity index (χ0n) is 42.5. The van der Waals surface area contributed by atoms with Crippen LogP contribution in [0, 0.1) is 0 Å². The number of aldehydes is 1. The van der Waals surface area contributed by atoms with Crippen LogP contribution in [0.3, 0.4) is 0 Å². The van der Waals surface area contributed by atoms with E-state index in [4.69, 9.17) is 18.9 Å². The highest BCUT2D eigenvalue weighted by Gasteiger charge is 2.09. The Morgan fingerprint density at radius 1 is 0.359 bits per heavy atom. The second-order valence-corrected chi connectivity index (χ2v) is 19.3. The van der Waals surface area contributed by atoms with Gasteiger partial charge in [0, 0.05) is 12.1 Å². The summed E-state index contributed by atoms with van der Waals surface area (Å²) in [6.45, 7) is 6.31. The molecule has 0 aliphatic rings. The van der Waals surface area contributed by atoms with Crippen LogP contribution in [0.4, 0.5) is 0 Å². The van der Waals surface area contributed by atoms with Gasteiger partial charge in [-0.1, -0.05) is 258 Å². The van der Waals surface area contributed by atoms with Crippen LogP contribution in [0.5, 0.6) is 23.0 Å². The van der Waals surface area contributed by atoms with Gasteiger partial charge in [0.1, 0.15) is 29.6 Å². The maximum Gasteiger partial charge on any atom is 0.153 e. The highest BCUT2D eigenvalue weighted by Crippen LogP contribution is 2.28. The minimum absolute atomic E-state index is 0.306. The van der Waals surface area contributed by atoms with E-state index in [2.05, 4.69) is 13.8 Å². The molecule has 0 spiro atoms. The first-order valence-electron chi connectivity index (χ1n) is 27.9. The topological polar surface area (TPSA) is 54.0 Å². The molecule has 0 atom stereocenters. The Balaban J connectivity index is 1.57. The molecule has 0 saturated carbocycles. The number of methoxy groups -OCH3 is 1. The summed E-state index contributed by atoms with van der Waals surface area (Å²) >= 11 is 0. The van der Waals surface area contributed by atoms with Crippen molar-refractivity contribution in [2.75, 3.05) is 20.3 Å². The molecule has 0 radical (unpaired) electrons. The summed E-state index contributed by atoms with van der Waals surface area (Å²) in [5.41, 5.74) is 1.46. The van der Waals surface area contributed by atoms with Crippen LogP contribution in [-0.4, -0.2) is 26.6 Å². The molecule has 0 aliphatic heterocycles. The molecule has 0 saturated heterocycles. The number of ether oxygens (including phenoxy) is 4. The monoisotopic (exact) mass is 891 g/mol. The van der Waals surface area contributed by atoms with Crippen LogP contribution in [0.15, 0.2) is 36.4 Å². The van der Waals surface area contributed by atoms with E-state index in [9.17, 15) is 4.79 Å². The Morgan fingerprint density at radius 2 is 0.672 bits per heavy atom. The number of hydrogen-bond donors (Lipinski definition) is 0. The molecule has 5 heteroatoms. The minimum atomic E-state index is 0.306. The highest BCUT2D eigenvalue weighted by molar-refractivity contribution is 5.79. The Morgan fingerprint density at radius 3 is 0.969 bits per heavy atom.